The molecule has 0 fully saturated rings. The number of ketones is 1. The summed E-state index contributed by atoms with van der Waals surface area (Å²) in [6.45, 7) is 0. The SMILES string of the molecule is COc1ccc(Br)cc1CC(=O)c1ccncc1F. The first-order chi connectivity index (χ1) is 9.11. The summed E-state index contributed by atoms with van der Waals surface area (Å²) in [5, 5.41) is 0. The van der Waals surface area contributed by atoms with Crippen molar-refractivity contribution in [1.29, 1.82) is 0 Å². The van der Waals surface area contributed by atoms with Crippen LogP contribution in [0.2, 0.25) is 0 Å². The van der Waals surface area contributed by atoms with Crippen LogP contribution in [0.5, 0.6) is 5.75 Å². The molecule has 0 saturated heterocycles. The van der Waals surface area contributed by atoms with Gasteiger partial charge in [-0.2, -0.15) is 0 Å². The third kappa shape index (κ3) is 3.17. The fraction of sp³-hybridized carbons (Fsp3) is 0.143. The van der Waals surface area contributed by atoms with Crippen LogP contribution in [0.3, 0.4) is 0 Å². The molecule has 0 bridgehead atoms. The Morgan fingerprint density at radius 2 is 2.21 bits per heavy atom. The van der Waals surface area contributed by atoms with Crippen molar-refractivity contribution >= 4 is 21.7 Å². The molecule has 0 atom stereocenters. The molecule has 98 valence electrons. The average Bonchev–Trinajstić information content (AvgIpc) is 2.39. The van der Waals surface area contributed by atoms with E-state index in [1.165, 1.54) is 19.4 Å². The summed E-state index contributed by atoms with van der Waals surface area (Å²) in [5.74, 6) is -0.316. The molecule has 0 radical (unpaired) electrons. The predicted octanol–water partition coefficient (Wildman–Crippen LogP) is 3.42. The largest absolute Gasteiger partial charge is 0.496 e. The fourth-order valence-corrected chi connectivity index (χ4v) is 2.16. The monoisotopic (exact) mass is 323 g/mol. The number of pyridine rings is 1. The van der Waals surface area contributed by atoms with Crippen molar-refractivity contribution in [2.24, 2.45) is 0 Å². The predicted molar refractivity (Wildman–Crippen MR) is 72.9 cm³/mol. The lowest BCUT2D eigenvalue weighted by molar-refractivity contribution is 0.0988. The van der Waals surface area contributed by atoms with E-state index in [2.05, 4.69) is 20.9 Å². The molecular formula is C14H11BrFNO2. The van der Waals surface area contributed by atoms with E-state index in [0.29, 0.717) is 11.3 Å². The summed E-state index contributed by atoms with van der Waals surface area (Å²) in [6, 6.07) is 6.74. The van der Waals surface area contributed by atoms with Crippen molar-refractivity contribution in [1.82, 2.24) is 4.98 Å². The quantitative estimate of drug-likeness (QED) is 0.809. The fourth-order valence-electron chi connectivity index (χ4n) is 1.75. The molecule has 0 unspecified atom stereocenters. The van der Waals surface area contributed by atoms with Crippen LogP contribution in [0, 0.1) is 5.82 Å². The van der Waals surface area contributed by atoms with Crippen molar-refractivity contribution in [3.63, 3.8) is 0 Å². The minimum absolute atomic E-state index is 0.0389. The van der Waals surface area contributed by atoms with Crippen LogP contribution >= 0.6 is 15.9 Å². The Bertz CT molecular complexity index is 616. The average molecular weight is 324 g/mol. The number of methoxy groups -OCH3 is 1. The minimum Gasteiger partial charge on any atom is -0.496 e. The van der Waals surface area contributed by atoms with Gasteiger partial charge < -0.3 is 4.74 Å². The molecule has 1 heterocycles. The first-order valence-corrected chi connectivity index (χ1v) is 6.36. The molecule has 0 aliphatic rings. The summed E-state index contributed by atoms with van der Waals surface area (Å²) in [7, 11) is 1.53. The molecule has 2 aromatic rings. The van der Waals surface area contributed by atoms with E-state index in [9.17, 15) is 9.18 Å². The Morgan fingerprint density at radius 1 is 1.42 bits per heavy atom. The number of carbonyl (C=O) groups excluding carboxylic acids is 1. The number of rotatable bonds is 4. The standard InChI is InChI=1S/C14H11BrFNO2/c1-19-14-3-2-10(15)6-9(14)7-13(18)11-4-5-17-8-12(11)16/h2-6,8H,7H2,1H3. The zero-order valence-electron chi connectivity index (χ0n) is 10.2. The van der Waals surface area contributed by atoms with E-state index in [0.717, 1.165) is 10.7 Å². The molecule has 2 rings (SSSR count). The molecule has 1 aromatic carbocycles. The van der Waals surface area contributed by atoms with Crippen LogP contribution in [0.15, 0.2) is 41.1 Å². The van der Waals surface area contributed by atoms with Gasteiger partial charge in [-0.25, -0.2) is 4.39 Å². The summed E-state index contributed by atoms with van der Waals surface area (Å²) in [6.07, 6.45) is 2.50. The van der Waals surface area contributed by atoms with Crippen LogP contribution in [-0.2, 0) is 6.42 Å². The second-order valence-corrected chi connectivity index (χ2v) is 4.83. The Labute approximate surface area is 118 Å². The summed E-state index contributed by atoms with van der Waals surface area (Å²) in [5.41, 5.74) is 0.745. The number of ether oxygens (including phenoxy) is 1. The maximum atomic E-state index is 13.5. The number of benzene rings is 1. The highest BCUT2D eigenvalue weighted by Gasteiger charge is 2.14. The summed E-state index contributed by atoms with van der Waals surface area (Å²) < 4.78 is 19.5. The van der Waals surface area contributed by atoms with E-state index in [-0.39, 0.29) is 17.8 Å². The van der Waals surface area contributed by atoms with Crippen LogP contribution in [-0.4, -0.2) is 17.9 Å². The van der Waals surface area contributed by atoms with E-state index in [1.54, 1.807) is 12.1 Å². The summed E-state index contributed by atoms with van der Waals surface area (Å²) in [4.78, 5) is 15.7. The van der Waals surface area contributed by atoms with Gasteiger partial charge >= 0.3 is 0 Å². The number of carbonyl (C=O) groups is 1. The third-order valence-electron chi connectivity index (χ3n) is 2.67. The van der Waals surface area contributed by atoms with Gasteiger partial charge in [-0.3, -0.25) is 9.78 Å². The van der Waals surface area contributed by atoms with Crippen molar-refractivity contribution in [2.75, 3.05) is 7.11 Å². The molecule has 0 spiro atoms. The number of aromatic nitrogens is 1. The van der Waals surface area contributed by atoms with Gasteiger partial charge in [-0.1, -0.05) is 15.9 Å². The molecule has 0 N–H and O–H groups in total. The molecular weight excluding hydrogens is 313 g/mol. The molecule has 3 nitrogen and oxygen atoms in total. The molecule has 0 saturated carbocycles. The van der Waals surface area contributed by atoms with E-state index < -0.39 is 5.82 Å². The second-order valence-electron chi connectivity index (χ2n) is 3.91. The number of Topliss-reactive ketones (excluding diaryl/α,β-unsaturated/α-hetero) is 1. The van der Waals surface area contributed by atoms with Gasteiger partial charge in [-0.05, 0) is 24.3 Å². The van der Waals surface area contributed by atoms with Crippen LogP contribution in [0.4, 0.5) is 4.39 Å². The van der Waals surface area contributed by atoms with Gasteiger partial charge in [0.2, 0.25) is 0 Å². The van der Waals surface area contributed by atoms with Crippen LogP contribution < -0.4 is 4.74 Å². The molecule has 0 aliphatic heterocycles. The van der Waals surface area contributed by atoms with E-state index in [4.69, 9.17) is 4.74 Å². The van der Waals surface area contributed by atoms with Gasteiger partial charge in [0.15, 0.2) is 11.6 Å². The molecule has 1 aromatic heterocycles. The highest BCUT2D eigenvalue weighted by atomic mass is 79.9. The highest BCUT2D eigenvalue weighted by Crippen LogP contribution is 2.24. The lowest BCUT2D eigenvalue weighted by atomic mass is 10.0. The Morgan fingerprint density at radius 3 is 2.89 bits per heavy atom. The van der Waals surface area contributed by atoms with E-state index in [1.807, 2.05) is 6.07 Å². The Balaban J connectivity index is 2.29. The lowest BCUT2D eigenvalue weighted by Gasteiger charge is -2.08. The second kappa shape index (κ2) is 5.93. The first-order valence-electron chi connectivity index (χ1n) is 5.57. The maximum Gasteiger partial charge on any atom is 0.170 e. The Hall–Kier alpha value is -1.75. The lowest BCUT2D eigenvalue weighted by Crippen LogP contribution is -2.07. The zero-order valence-corrected chi connectivity index (χ0v) is 11.8. The number of hydrogen-bond donors (Lipinski definition) is 0. The molecule has 0 aliphatic carbocycles. The van der Waals surface area contributed by atoms with E-state index >= 15 is 0 Å². The van der Waals surface area contributed by atoms with Crippen molar-refractivity contribution < 1.29 is 13.9 Å². The maximum absolute atomic E-state index is 13.5. The van der Waals surface area contributed by atoms with Crippen LogP contribution in [0.25, 0.3) is 0 Å². The third-order valence-corrected chi connectivity index (χ3v) is 3.16. The highest BCUT2D eigenvalue weighted by molar-refractivity contribution is 9.10. The van der Waals surface area contributed by atoms with Crippen molar-refractivity contribution in [3.8, 4) is 5.75 Å². The minimum atomic E-state index is -0.610. The van der Waals surface area contributed by atoms with Crippen molar-refractivity contribution in [2.45, 2.75) is 6.42 Å². The van der Waals surface area contributed by atoms with Gasteiger partial charge in [0, 0.05) is 22.7 Å². The van der Waals surface area contributed by atoms with Gasteiger partial charge in [0.25, 0.3) is 0 Å². The smallest absolute Gasteiger partial charge is 0.170 e. The van der Waals surface area contributed by atoms with Gasteiger partial charge in [0.05, 0.1) is 18.9 Å². The molecule has 5 heteroatoms. The van der Waals surface area contributed by atoms with Crippen molar-refractivity contribution in [3.05, 3.63) is 58.1 Å². The van der Waals surface area contributed by atoms with Gasteiger partial charge in [0.1, 0.15) is 5.75 Å². The summed E-state index contributed by atoms with van der Waals surface area (Å²) >= 11 is 3.34. The Kier molecular flexibility index (Phi) is 4.27. The molecule has 0 amide bonds. The number of hydrogen-bond acceptors (Lipinski definition) is 3. The van der Waals surface area contributed by atoms with Crippen LogP contribution in [0.1, 0.15) is 15.9 Å². The first kappa shape index (κ1) is 13.7. The topological polar surface area (TPSA) is 39.2 Å². The molecule has 19 heavy (non-hydrogen) atoms. The number of halogens is 2. The zero-order chi connectivity index (χ0) is 13.8. The van der Waals surface area contributed by atoms with Gasteiger partial charge in [-0.15, -0.1) is 0 Å². The number of nitrogens with zero attached hydrogens (tertiary/aromatic N) is 1. The normalized spacial score (nSPS) is 10.3.